The molecular formula is C14H26INO2. The van der Waals surface area contributed by atoms with Crippen molar-refractivity contribution in [2.75, 3.05) is 13.7 Å². The van der Waals surface area contributed by atoms with Crippen molar-refractivity contribution in [2.24, 2.45) is 5.92 Å². The van der Waals surface area contributed by atoms with Crippen LogP contribution in [0.5, 0.6) is 0 Å². The van der Waals surface area contributed by atoms with Gasteiger partial charge in [0, 0.05) is 9.97 Å². The number of likely N-dealkylation sites (N-methyl/N-ethyl adjacent to an activating group) is 1. The Morgan fingerprint density at radius 2 is 2.06 bits per heavy atom. The summed E-state index contributed by atoms with van der Waals surface area (Å²) in [6.45, 7) is 0.794. The summed E-state index contributed by atoms with van der Waals surface area (Å²) in [5, 5.41) is 13.8. The van der Waals surface area contributed by atoms with Crippen molar-refractivity contribution >= 4 is 22.6 Å². The van der Waals surface area contributed by atoms with Crippen molar-refractivity contribution < 1.29 is 9.84 Å². The largest absolute Gasteiger partial charge is 0.389 e. The van der Waals surface area contributed by atoms with Gasteiger partial charge in [0.25, 0.3) is 0 Å². The molecule has 1 aliphatic carbocycles. The number of aliphatic hydroxyl groups excluding tert-OH is 1. The smallest absolute Gasteiger partial charge is 0.0954 e. The van der Waals surface area contributed by atoms with Gasteiger partial charge in [-0.2, -0.15) is 0 Å². The average molecular weight is 367 g/mol. The second-order valence-electron chi connectivity index (χ2n) is 5.83. The highest BCUT2D eigenvalue weighted by molar-refractivity contribution is 14.1. The lowest BCUT2D eigenvalue weighted by Crippen LogP contribution is -2.46. The molecule has 0 bridgehead atoms. The topological polar surface area (TPSA) is 41.5 Å². The van der Waals surface area contributed by atoms with E-state index in [9.17, 15) is 5.11 Å². The third-order valence-corrected chi connectivity index (χ3v) is 5.32. The molecule has 2 aliphatic rings. The molecule has 18 heavy (non-hydrogen) atoms. The average Bonchev–Trinajstić information content (AvgIpc) is 2.83. The number of rotatable bonds is 5. The summed E-state index contributed by atoms with van der Waals surface area (Å²) in [6.07, 6.45) is 8.58. The zero-order chi connectivity index (χ0) is 13.0. The van der Waals surface area contributed by atoms with Crippen LogP contribution in [0.15, 0.2) is 0 Å². The Bertz CT molecular complexity index is 246. The first-order chi connectivity index (χ1) is 8.70. The Morgan fingerprint density at radius 3 is 2.61 bits per heavy atom. The SMILES string of the molecule is CNC(CC1CCCCC1)C(O)C1CC(I)CO1. The zero-order valence-electron chi connectivity index (χ0n) is 11.3. The van der Waals surface area contributed by atoms with E-state index in [0.29, 0.717) is 3.92 Å². The number of halogens is 1. The molecule has 1 saturated heterocycles. The predicted molar refractivity (Wildman–Crippen MR) is 82.2 cm³/mol. The number of alkyl halides is 1. The minimum atomic E-state index is -0.350. The Morgan fingerprint density at radius 1 is 1.33 bits per heavy atom. The molecule has 0 aromatic carbocycles. The summed E-state index contributed by atoms with van der Waals surface area (Å²) in [5.41, 5.74) is 0. The Kier molecular flexibility index (Phi) is 6.18. The van der Waals surface area contributed by atoms with Gasteiger partial charge in [-0.1, -0.05) is 54.7 Å². The second kappa shape index (κ2) is 7.41. The van der Waals surface area contributed by atoms with Crippen LogP contribution in [0.2, 0.25) is 0 Å². The first-order valence-corrected chi connectivity index (χ1v) is 8.56. The Hall–Kier alpha value is 0.610. The van der Waals surface area contributed by atoms with E-state index in [1.54, 1.807) is 0 Å². The molecule has 0 aromatic heterocycles. The summed E-state index contributed by atoms with van der Waals surface area (Å²) < 4.78 is 6.27. The van der Waals surface area contributed by atoms with Crippen LogP contribution < -0.4 is 5.32 Å². The minimum absolute atomic E-state index is 0.0351. The van der Waals surface area contributed by atoms with E-state index in [4.69, 9.17) is 4.74 Å². The van der Waals surface area contributed by atoms with Gasteiger partial charge in [0.2, 0.25) is 0 Å². The maximum atomic E-state index is 10.5. The molecule has 0 spiro atoms. The molecule has 1 saturated carbocycles. The fraction of sp³-hybridized carbons (Fsp3) is 1.00. The van der Waals surface area contributed by atoms with Gasteiger partial charge in [-0.15, -0.1) is 0 Å². The maximum Gasteiger partial charge on any atom is 0.0954 e. The standard InChI is InChI=1S/C14H26INO2/c1-16-12(7-10-5-3-2-4-6-10)14(17)13-8-11(15)9-18-13/h10-14,16-17H,2-9H2,1H3. The quantitative estimate of drug-likeness (QED) is 0.580. The minimum Gasteiger partial charge on any atom is -0.389 e. The number of hydrogen-bond donors (Lipinski definition) is 2. The van der Waals surface area contributed by atoms with Crippen LogP contribution in [0.3, 0.4) is 0 Å². The molecule has 2 rings (SSSR count). The molecule has 2 N–H and O–H groups in total. The number of hydrogen-bond acceptors (Lipinski definition) is 3. The van der Waals surface area contributed by atoms with Gasteiger partial charge in [-0.05, 0) is 25.8 Å². The maximum absolute atomic E-state index is 10.5. The Balaban J connectivity index is 1.82. The molecular weight excluding hydrogens is 341 g/mol. The molecule has 0 amide bonds. The number of aliphatic hydroxyl groups is 1. The fourth-order valence-corrected chi connectivity index (χ4v) is 4.03. The molecule has 4 unspecified atom stereocenters. The zero-order valence-corrected chi connectivity index (χ0v) is 13.4. The molecule has 106 valence electrons. The second-order valence-corrected chi connectivity index (χ2v) is 7.59. The molecule has 0 radical (unpaired) electrons. The van der Waals surface area contributed by atoms with E-state index in [0.717, 1.165) is 25.4 Å². The van der Waals surface area contributed by atoms with Gasteiger partial charge in [-0.25, -0.2) is 0 Å². The van der Waals surface area contributed by atoms with E-state index >= 15 is 0 Å². The molecule has 4 heteroatoms. The lowest BCUT2D eigenvalue weighted by Gasteiger charge is -2.31. The molecule has 3 nitrogen and oxygen atoms in total. The molecule has 0 aromatic rings. The summed E-state index contributed by atoms with van der Waals surface area (Å²) >= 11 is 2.41. The number of ether oxygens (including phenoxy) is 1. The lowest BCUT2D eigenvalue weighted by molar-refractivity contribution is -0.0242. The van der Waals surface area contributed by atoms with Crippen LogP contribution in [0.4, 0.5) is 0 Å². The first kappa shape index (κ1) is 15.0. The van der Waals surface area contributed by atoms with E-state index in [1.165, 1.54) is 32.1 Å². The third kappa shape index (κ3) is 4.05. The summed E-state index contributed by atoms with van der Waals surface area (Å²) in [5.74, 6) is 0.794. The molecule has 4 atom stereocenters. The van der Waals surface area contributed by atoms with Gasteiger partial charge < -0.3 is 15.2 Å². The van der Waals surface area contributed by atoms with E-state index in [-0.39, 0.29) is 18.2 Å². The third-order valence-electron chi connectivity index (χ3n) is 4.46. The van der Waals surface area contributed by atoms with Crippen LogP contribution in [0, 0.1) is 5.92 Å². The van der Waals surface area contributed by atoms with E-state index in [1.807, 2.05) is 7.05 Å². The van der Waals surface area contributed by atoms with Crippen LogP contribution >= 0.6 is 22.6 Å². The van der Waals surface area contributed by atoms with Crippen molar-refractivity contribution in [1.29, 1.82) is 0 Å². The van der Waals surface area contributed by atoms with Crippen molar-refractivity contribution in [2.45, 2.75) is 67.1 Å². The van der Waals surface area contributed by atoms with E-state index < -0.39 is 0 Å². The summed E-state index contributed by atoms with van der Waals surface area (Å²) in [6, 6.07) is 0.194. The highest BCUT2D eigenvalue weighted by atomic mass is 127. The van der Waals surface area contributed by atoms with Gasteiger partial charge in [-0.3, -0.25) is 0 Å². The van der Waals surface area contributed by atoms with Crippen LogP contribution in [0.25, 0.3) is 0 Å². The van der Waals surface area contributed by atoms with Crippen LogP contribution in [0.1, 0.15) is 44.9 Å². The highest BCUT2D eigenvalue weighted by Crippen LogP contribution is 2.30. The monoisotopic (exact) mass is 367 g/mol. The predicted octanol–water partition coefficient (Wildman–Crippen LogP) is 2.50. The highest BCUT2D eigenvalue weighted by Gasteiger charge is 2.34. The molecule has 2 fully saturated rings. The van der Waals surface area contributed by atoms with Gasteiger partial charge >= 0.3 is 0 Å². The molecule has 1 aliphatic heterocycles. The van der Waals surface area contributed by atoms with Gasteiger partial charge in [0.15, 0.2) is 0 Å². The van der Waals surface area contributed by atoms with E-state index in [2.05, 4.69) is 27.9 Å². The Labute approximate surface area is 124 Å². The lowest BCUT2D eigenvalue weighted by atomic mass is 9.83. The fourth-order valence-electron chi connectivity index (χ4n) is 3.32. The van der Waals surface area contributed by atoms with Crippen LogP contribution in [-0.4, -0.2) is 40.9 Å². The summed E-state index contributed by atoms with van der Waals surface area (Å²) in [4.78, 5) is 0. The van der Waals surface area contributed by atoms with Gasteiger partial charge in [0.05, 0.1) is 18.8 Å². The van der Waals surface area contributed by atoms with Crippen molar-refractivity contribution in [3.63, 3.8) is 0 Å². The van der Waals surface area contributed by atoms with Crippen molar-refractivity contribution in [1.82, 2.24) is 5.32 Å². The number of nitrogens with one attached hydrogen (secondary N) is 1. The summed E-state index contributed by atoms with van der Waals surface area (Å²) in [7, 11) is 1.97. The first-order valence-electron chi connectivity index (χ1n) is 7.31. The molecule has 1 heterocycles. The van der Waals surface area contributed by atoms with Crippen molar-refractivity contribution in [3.05, 3.63) is 0 Å². The normalized spacial score (nSPS) is 33.5. The van der Waals surface area contributed by atoms with Crippen LogP contribution in [-0.2, 0) is 4.74 Å². The van der Waals surface area contributed by atoms with Gasteiger partial charge in [0.1, 0.15) is 0 Å². The van der Waals surface area contributed by atoms with Crippen molar-refractivity contribution in [3.8, 4) is 0 Å².